The summed E-state index contributed by atoms with van der Waals surface area (Å²) in [5.74, 6) is -1.11. The summed E-state index contributed by atoms with van der Waals surface area (Å²) >= 11 is 0. The Morgan fingerprint density at radius 2 is 1.67 bits per heavy atom. The summed E-state index contributed by atoms with van der Waals surface area (Å²) in [4.78, 5) is 41.6. The number of nitrogens with zero attached hydrogens (tertiary/aromatic N) is 1. The highest BCUT2D eigenvalue weighted by Gasteiger charge is 2.74. The molecule has 2 bridgehead atoms. The molecular weight excluding hydrogens is 654 g/mol. The Morgan fingerprint density at radius 3 is 2.41 bits per heavy atom. The summed E-state index contributed by atoms with van der Waals surface area (Å²) in [6.07, 6.45) is 0.0651. The smallest absolute Gasteiger partial charge is 0.312 e. The van der Waals surface area contributed by atoms with Crippen LogP contribution < -0.4 is 15.4 Å². The van der Waals surface area contributed by atoms with Crippen molar-refractivity contribution in [2.24, 2.45) is 0 Å². The van der Waals surface area contributed by atoms with E-state index in [1.165, 1.54) is 0 Å². The Morgan fingerprint density at radius 1 is 0.961 bits per heavy atom. The lowest BCUT2D eigenvalue weighted by Crippen LogP contribution is -2.75. The van der Waals surface area contributed by atoms with Crippen LogP contribution in [0.5, 0.6) is 11.5 Å². The van der Waals surface area contributed by atoms with Gasteiger partial charge in [0.15, 0.2) is 23.7 Å². The van der Waals surface area contributed by atoms with Gasteiger partial charge < -0.3 is 40.2 Å². The molecule has 2 aliphatic carbocycles. The molecule has 268 valence electrons. The summed E-state index contributed by atoms with van der Waals surface area (Å²) in [6.45, 7) is 1.18. The van der Waals surface area contributed by atoms with Gasteiger partial charge in [-0.2, -0.15) is 0 Å². The molecule has 51 heavy (non-hydrogen) atoms. The highest BCUT2D eigenvalue weighted by atomic mass is 16.6. The third kappa shape index (κ3) is 6.16. The number of hydrogen-bond donors (Lipinski definition) is 5. The number of carbonyl (C=O) groups is 3. The van der Waals surface area contributed by atoms with Crippen molar-refractivity contribution in [3.63, 3.8) is 0 Å². The Kier molecular flexibility index (Phi) is 9.60. The van der Waals surface area contributed by atoms with Gasteiger partial charge in [0.1, 0.15) is 11.4 Å². The second kappa shape index (κ2) is 14.1. The number of likely N-dealkylation sites (tertiary alicyclic amines) is 1. The second-order valence-electron chi connectivity index (χ2n) is 13.8. The first-order valence-corrected chi connectivity index (χ1v) is 17.4. The maximum absolute atomic E-state index is 13.7. The van der Waals surface area contributed by atoms with Crippen LogP contribution in [-0.4, -0.2) is 89.0 Å². The average molecular weight is 698 g/mol. The van der Waals surface area contributed by atoms with Gasteiger partial charge in [-0.1, -0.05) is 66.7 Å². The molecule has 2 heterocycles. The first kappa shape index (κ1) is 34.7. The van der Waals surface area contributed by atoms with Crippen LogP contribution >= 0.6 is 0 Å². The maximum atomic E-state index is 13.7. The number of aromatic hydroxyl groups is 1. The number of ether oxygens (including phenoxy) is 3. The molecule has 3 aromatic carbocycles. The molecule has 4 aliphatic rings. The molecule has 7 rings (SSSR count). The Balaban J connectivity index is 1.08. The number of nitrogens with one attached hydrogen (secondary N) is 2. The van der Waals surface area contributed by atoms with Crippen LogP contribution in [0.2, 0.25) is 0 Å². The van der Waals surface area contributed by atoms with Gasteiger partial charge in [0.25, 0.3) is 5.91 Å². The second-order valence-corrected chi connectivity index (χ2v) is 13.8. The molecule has 3 aromatic rings. The zero-order valence-electron chi connectivity index (χ0n) is 28.4. The third-order valence-electron chi connectivity index (χ3n) is 10.9. The summed E-state index contributed by atoms with van der Waals surface area (Å²) in [6, 6.07) is 21.1. The number of hydrogen-bond acceptors (Lipinski definition) is 11. The Bertz CT molecular complexity index is 1820. The minimum Gasteiger partial charge on any atom is -0.504 e. The van der Waals surface area contributed by atoms with Gasteiger partial charge in [0.2, 0.25) is 0 Å². The van der Waals surface area contributed by atoms with Gasteiger partial charge in [0.05, 0.1) is 30.4 Å². The van der Waals surface area contributed by atoms with Crippen molar-refractivity contribution in [3.8, 4) is 11.5 Å². The minimum atomic E-state index is -1.37. The molecule has 12 nitrogen and oxygen atoms in total. The highest BCUT2D eigenvalue weighted by Crippen LogP contribution is 2.66. The highest BCUT2D eigenvalue weighted by molar-refractivity contribution is 5.82. The van der Waals surface area contributed by atoms with Crippen molar-refractivity contribution in [2.45, 2.75) is 67.5 Å². The standard InChI is InChI=1S/C39H43N3O9/c1-42-21-18-38-33-26-12-13-27(43)35(33)50-36(38)29(49-31(45)16-20-41-37(48)34(47)25-10-6-3-7-11-25)14-17-39(38,30(42)22-26)51-32(46)15-19-40-23-28(44)24-8-4-2-5-9-24/h2-14,28,30,34,36,40,43-44,47H,15-23H2,1H3,(H,41,48)/t28-,30-,34+,36+,38+,39-/m1/s1. The molecule has 6 atom stereocenters. The number of piperidine rings is 1. The van der Waals surface area contributed by atoms with Crippen LogP contribution in [0, 0.1) is 0 Å². The van der Waals surface area contributed by atoms with Crippen molar-refractivity contribution in [2.75, 3.05) is 33.2 Å². The van der Waals surface area contributed by atoms with E-state index >= 15 is 0 Å². The van der Waals surface area contributed by atoms with E-state index in [4.69, 9.17) is 14.2 Å². The predicted molar refractivity (Wildman–Crippen MR) is 184 cm³/mol. The molecule has 0 unspecified atom stereocenters. The fraction of sp³-hybridized carbons (Fsp3) is 0.410. The molecule has 1 amide bonds. The van der Waals surface area contributed by atoms with E-state index in [0.29, 0.717) is 37.2 Å². The summed E-state index contributed by atoms with van der Waals surface area (Å²) in [5, 5.41) is 37.6. The monoisotopic (exact) mass is 697 g/mol. The fourth-order valence-electron chi connectivity index (χ4n) is 8.44. The number of rotatable bonds is 13. The lowest BCUT2D eigenvalue weighted by Gasteiger charge is -2.62. The maximum Gasteiger partial charge on any atom is 0.312 e. The zero-order valence-corrected chi connectivity index (χ0v) is 28.4. The number of aliphatic hydroxyl groups excluding tert-OH is 2. The fourth-order valence-corrected chi connectivity index (χ4v) is 8.44. The molecule has 1 fully saturated rings. The van der Waals surface area contributed by atoms with E-state index in [9.17, 15) is 29.7 Å². The quantitative estimate of drug-likeness (QED) is 0.132. The molecule has 0 radical (unpaired) electrons. The number of aliphatic hydroxyl groups is 2. The number of phenolic OH excluding ortho intramolecular Hbond substituents is 1. The van der Waals surface area contributed by atoms with Crippen LogP contribution in [0.15, 0.2) is 84.6 Å². The Labute approximate surface area is 296 Å². The average Bonchev–Trinajstić information content (AvgIpc) is 3.50. The van der Waals surface area contributed by atoms with E-state index in [0.717, 1.165) is 16.7 Å². The number of likely N-dealkylation sites (N-methyl/N-ethyl adjacent to an activating group) is 1. The summed E-state index contributed by atoms with van der Waals surface area (Å²) < 4.78 is 19.0. The molecule has 2 aliphatic heterocycles. The number of benzene rings is 3. The van der Waals surface area contributed by atoms with Gasteiger partial charge >= 0.3 is 11.9 Å². The van der Waals surface area contributed by atoms with Crippen LogP contribution in [0.3, 0.4) is 0 Å². The van der Waals surface area contributed by atoms with Gasteiger partial charge in [-0.15, -0.1) is 0 Å². The van der Waals surface area contributed by atoms with Crippen molar-refractivity contribution < 1.29 is 43.9 Å². The number of phenols is 1. The normalized spacial score (nSPS) is 25.4. The summed E-state index contributed by atoms with van der Waals surface area (Å²) in [7, 11) is 2.01. The molecular formula is C39H43N3O9. The van der Waals surface area contributed by atoms with E-state index in [-0.39, 0.29) is 49.9 Å². The number of esters is 2. The zero-order chi connectivity index (χ0) is 35.8. The van der Waals surface area contributed by atoms with Gasteiger partial charge in [0, 0.05) is 31.6 Å². The third-order valence-corrected chi connectivity index (χ3v) is 10.9. The van der Waals surface area contributed by atoms with Gasteiger partial charge in [-0.3, -0.25) is 19.3 Å². The van der Waals surface area contributed by atoms with Crippen molar-refractivity contribution >= 4 is 17.8 Å². The van der Waals surface area contributed by atoms with Crippen LogP contribution in [0.1, 0.15) is 60.1 Å². The van der Waals surface area contributed by atoms with Crippen molar-refractivity contribution in [1.82, 2.24) is 15.5 Å². The first-order chi connectivity index (χ1) is 24.6. The summed E-state index contributed by atoms with van der Waals surface area (Å²) in [5.41, 5.74) is 0.989. The van der Waals surface area contributed by atoms with Gasteiger partial charge in [-0.05, 0) is 55.3 Å². The predicted octanol–water partition coefficient (Wildman–Crippen LogP) is 2.72. The number of amides is 1. The van der Waals surface area contributed by atoms with E-state index in [2.05, 4.69) is 15.5 Å². The van der Waals surface area contributed by atoms with E-state index in [1.54, 1.807) is 42.5 Å². The van der Waals surface area contributed by atoms with Gasteiger partial charge in [-0.25, -0.2) is 0 Å². The molecule has 12 heteroatoms. The van der Waals surface area contributed by atoms with E-state index in [1.807, 2.05) is 43.4 Å². The van der Waals surface area contributed by atoms with Crippen molar-refractivity contribution in [1.29, 1.82) is 0 Å². The number of carbonyl (C=O) groups excluding carboxylic acids is 3. The lowest BCUT2D eigenvalue weighted by atomic mass is 9.50. The van der Waals surface area contributed by atoms with Crippen LogP contribution in [-0.2, 0) is 35.7 Å². The first-order valence-electron chi connectivity index (χ1n) is 17.4. The van der Waals surface area contributed by atoms with E-state index < -0.39 is 47.2 Å². The molecule has 1 saturated heterocycles. The molecule has 0 aromatic heterocycles. The van der Waals surface area contributed by atoms with Crippen LogP contribution in [0.4, 0.5) is 0 Å². The van der Waals surface area contributed by atoms with Crippen LogP contribution in [0.25, 0.3) is 0 Å². The molecule has 5 N–H and O–H groups in total. The Hall–Kier alpha value is -4.75. The lowest BCUT2D eigenvalue weighted by molar-refractivity contribution is -0.206. The molecule has 0 saturated carbocycles. The molecule has 1 spiro atoms. The largest absolute Gasteiger partial charge is 0.504 e. The van der Waals surface area contributed by atoms with Crippen molar-refractivity contribution in [3.05, 3.63) is 107 Å². The topological polar surface area (TPSA) is 167 Å². The SMILES string of the molecule is CN1CC[C@]23c4c5ccc(O)c4O[C@H]2C(OC(=O)CCNC(=O)[C@@H](O)c2ccccc2)=CC[C@@]3(OC(=O)CCNC[C@@H](O)c2ccccc2)[C@H]1C5. The minimum absolute atomic E-state index is 0.0401.